The van der Waals surface area contributed by atoms with Crippen LogP contribution >= 0.6 is 0 Å². The number of nitrogen functional groups attached to an aromatic ring is 1. The van der Waals surface area contributed by atoms with Crippen LogP contribution in [0, 0.1) is 11.7 Å². The molecule has 0 unspecified atom stereocenters. The van der Waals surface area contributed by atoms with Crippen LogP contribution in [0.4, 0.5) is 15.8 Å². The molecule has 0 saturated carbocycles. The Morgan fingerprint density at radius 3 is 2.57 bits per heavy atom. The van der Waals surface area contributed by atoms with Crippen molar-refractivity contribution >= 4 is 17.3 Å². The number of carbonyl (C=O) groups is 1. The molecule has 0 heterocycles. The number of benzene rings is 1. The highest BCUT2D eigenvalue weighted by atomic mass is 19.1. The summed E-state index contributed by atoms with van der Waals surface area (Å²) in [5, 5.41) is 2.56. The van der Waals surface area contributed by atoms with Crippen molar-refractivity contribution in [3.05, 3.63) is 24.0 Å². The zero-order chi connectivity index (χ0) is 10.7. The van der Waals surface area contributed by atoms with Gasteiger partial charge < -0.3 is 11.1 Å². The Morgan fingerprint density at radius 1 is 1.43 bits per heavy atom. The molecule has 1 amide bonds. The van der Waals surface area contributed by atoms with Crippen molar-refractivity contribution < 1.29 is 9.18 Å². The minimum Gasteiger partial charge on any atom is -0.399 e. The monoisotopic (exact) mass is 196 g/mol. The molecule has 3 nitrogen and oxygen atoms in total. The lowest BCUT2D eigenvalue weighted by Gasteiger charge is -2.08. The lowest BCUT2D eigenvalue weighted by atomic mass is 10.2. The Hall–Kier alpha value is -1.58. The molecule has 0 atom stereocenters. The van der Waals surface area contributed by atoms with Gasteiger partial charge in [0.15, 0.2) is 0 Å². The van der Waals surface area contributed by atoms with Crippen molar-refractivity contribution in [2.45, 2.75) is 13.8 Å². The van der Waals surface area contributed by atoms with Crippen molar-refractivity contribution in [3.8, 4) is 0 Å². The van der Waals surface area contributed by atoms with E-state index >= 15 is 0 Å². The maximum atomic E-state index is 12.8. The maximum Gasteiger partial charge on any atom is 0.226 e. The molecule has 76 valence electrons. The first-order chi connectivity index (χ1) is 6.49. The molecule has 1 aromatic carbocycles. The average Bonchev–Trinajstić information content (AvgIpc) is 2.01. The molecule has 14 heavy (non-hydrogen) atoms. The molecule has 0 fully saturated rings. The van der Waals surface area contributed by atoms with Gasteiger partial charge in [-0.15, -0.1) is 0 Å². The van der Waals surface area contributed by atoms with Gasteiger partial charge in [-0.1, -0.05) is 13.8 Å². The summed E-state index contributed by atoms with van der Waals surface area (Å²) in [5.41, 5.74) is 6.11. The fourth-order valence-electron chi connectivity index (χ4n) is 0.971. The van der Waals surface area contributed by atoms with E-state index in [-0.39, 0.29) is 11.8 Å². The average molecular weight is 196 g/mol. The first-order valence-electron chi connectivity index (χ1n) is 4.36. The van der Waals surface area contributed by atoms with Crippen molar-refractivity contribution in [3.63, 3.8) is 0 Å². The fourth-order valence-corrected chi connectivity index (χ4v) is 0.971. The van der Waals surface area contributed by atoms with Crippen LogP contribution in [0.5, 0.6) is 0 Å². The van der Waals surface area contributed by atoms with E-state index < -0.39 is 5.82 Å². The Bertz CT molecular complexity index is 330. The smallest absolute Gasteiger partial charge is 0.226 e. The molecule has 3 N–H and O–H groups in total. The number of nitrogens with two attached hydrogens (primary N) is 1. The lowest BCUT2D eigenvalue weighted by molar-refractivity contribution is -0.118. The van der Waals surface area contributed by atoms with Crippen LogP contribution in [0.2, 0.25) is 0 Å². The van der Waals surface area contributed by atoms with Crippen LogP contribution in [0.15, 0.2) is 18.2 Å². The van der Waals surface area contributed by atoms with Gasteiger partial charge in [0.25, 0.3) is 0 Å². The normalized spacial score (nSPS) is 10.3. The van der Waals surface area contributed by atoms with Gasteiger partial charge in [0.2, 0.25) is 5.91 Å². The molecule has 0 aromatic heterocycles. The van der Waals surface area contributed by atoms with Crippen LogP contribution in [-0.2, 0) is 4.79 Å². The summed E-state index contributed by atoms with van der Waals surface area (Å²) in [6.07, 6.45) is 0. The summed E-state index contributed by atoms with van der Waals surface area (Å²) in [5.74, 6) is -0.751. The quantitative estimate of drug-likeness (QED) is 0.711. The number of nitrogens with one attached hydrogen (secondary N) is 1. The molecule has 0 saturated heterocycles. The summed E-state index contributed by atoms with van der Waals surface area (Å²) < 4.78 is 12.8. The van der Waals surface area contributed by atoms with Gasteiger partial charge in [0.1, 0.15) is 5.82 Å². The summed E-state index contributed by atoms with van der Waals surface area (Å²) in [6, 6.07) is 3.95. The number of hydrogen-bond acceptors (Lipinski definition) is 2. The standard InChI is InChI=1S/C10H13FN2O/c1-6(2)10(14)13-9-4-7(11)3-8(12)5-9/h3-6H,12H2,1-2H3,(H,13,14). The minimum absolute atomic E-state index is 0.139. The summed E-state index contributed by atoms with van der Waals surface area (Å²) >= 11 is 0. The van der Waals surface area contributed by atoms with E-state index in [0.29, 0.717) is 11.4 Å². The molecule has 0 bridgehead atoms. The second-order valence-electron chi connectivity index (χ2n) is 3.42. The number of hydrogen-bond donors (Lipinski definition) is 2. The topological polar surface area (TPSA) is 55.1 Å². The van der Waals surface area contributed by atoms with E-state index in [2.05, 4.69) is 5.32 Å². The largest absolute Gasteiger partial charge is 0.399 e. The van der Waals surface area contributed by atoms with Gasteiger partial charge in [0.05, 0.1) is 0 Å². The van der Waals surface area contributed by atoms with Gasteiger partial charge in [-0.05, 0) is 18.2 Å². The molecule has 0 aliphatic carbocycles. The van der Waals surface area contributed by atoms with Crippen LogP contribution in [0.1, 0.15) is 13.8 Å². The predicted molar refractivity (Wildman–Crippen MR) is 54.3 cm³/mol. The molecular weight excluding hydrogens is 183 g/mol. The minimum atomic E-state index is -0.455. The summed E-state index contributed by atoms with van der Waals surface area (Å²) in [7, 11) is 0. The van der Waals surface area contributed by atoms with E-state index in [1.165, 1.54) is 18.2 Å². The van der Waals surface area contributed by atoms with Crippen molar-refractivity contribution in [2.24, 2.45) is 5.92 Å². The molecular formula is C10H13FN2O. The van der Waals surface area contributed by atoms with E-state index in [1.54, 1.807) is 13.8 Å². The zero-order valence-corrected chi connectivity index (χ0v) is 8.17. The van der Waals surface area contributed by atoms with Crippen LogP contribution < -0.4 is 11.1 Å². The number of amides is 1. The third-order valence-corrected chi connectivity index (χ3v) is 1.71. The van der Waals surface area contributed by atoms with E-state index in [9.17, 15) is 9.18 Å². The molecule has 0 aliphatic rings. The first-order valence-corrected chi connectivity index (χ1v) is 4.36. The van der Waals surface area contributed by atoms with E-state index in [4.69, 9.17) is 5.73 Å². The first kappa shape index (κ1) is 10.5. The number of carbonyl (C=O) groups excluding carboxylic acids is 1. The highest BCUT2D eigenvalue weighted by molar-refractivity contribution is 5.92. The fraction of sp³-hybridized carbons (Fsp3) is 0.300. The zero-order valence-electron chi connectivity index (χ0n) is 8.17. The van der Waals surface area contributed by atoms with Crippen LogP contribution in [-0.4, -0.2) is 5.91 Å². The van der Waals surface area contributed by atoms with Crippen LogP contribution in [0.3, 0.4) is 0 Å². The van der Waals surface area contributed by atoms with Gasteiger partial charge >= 0.3 is 0 Å². The third-order valence-electron chi connectivity index (χ3n) is 1.71. The van der Waals surface area contributed by atoms with Gasteiger partial charge in [-0.3, -0.25) is 4.79 Å². The molecule has 1 aromatic rings. The second kappa shape index (κ2) is 4.09. The SMILES string of the molecule is CC(C)C(=O)Nc1cc(N)cc(F)c1. The highest BCUT2D eigenvalue weighted by Gasteiger charge is 2.07. The summed E-state index contributed by atoms with van der Waals surface area (Å²) in [4.78, 5) is 11.3. The van der Waals surface area contributed by atoms with Crippen LogP contribution in [0.25, 0.3) is 0 Å². The molecule has 0 aliphatic heterocycles. The van der Waals surface area contributed by atoms with Crippen molar-refractivity contribution in [2.75, 3.05) is 11.1 Å². The Labute approximate surface area is 82.1 Å². The Balaban J connectivity index is 2.82. The third kappa shape index (κ3) is 2.73. The number of halogens is 1. The maximum absolute atomic E-state index is 12.8. The van der Waals surface area contributed by atoms with Gasteiger partial charge in [-0.2, -0.15) is 0 Å². The van der Waals surface area contributed by atoms with Crippen molar-refractivity contribution in [1.82, 2.24) is 0 Å². The van der Waals surface area contributed by atoms with E-state index in [0.717, 1.165) is 0 Å². The Morgan fingerprint density at radius 2 is 2.07 bits per heavy atom. The van der Waals surface area contributed by atoms with Gasteiger partial charge in [0, 0.05) is 17.3 Å². The van der Waals surface area contributed by atoms with Crippen molar-refractivity contribution in [1.29, 1.82) is 0 Å². The second-order valence-corrected chi connectivity index (χ2v) is 3.42. The lowest BCUT2D eigenvalue weighted by Crippen LogP contribution is -2.17. The molecule has 1 rings (SSSR count). The van der Waals surface area contributed by atoms with Gasteiger partial charge in [-0.25, -0.2) is 4.39 Å². The molecule has 0 radical (unpaired) electrons. The van der Waals surface area contributed by atoms with E-state index in [1.807, 2.05) is 0 Å². The number of anilines is 2. The summed E-state index contributed by atoms with van der Waals surface area (Å²) in [6.45, 7) is 3.52. The Kier molecular flexibility index (Phi) is 3.06. The predicted octanol–water partition coefficient (Wildman–Crippen LogP) is 2.00. The highest BCUT2D eigenvalue weighted by Crippen LogP contribution is 2.15. The number of rotatable bonds is 2. The molecule has 4 heteroatoms. The molecule has 0 spiro atoms.